The molecule has 2 aromatic carbocycles. The van der Waals surface area contributed by atoms with Crippen molar-refractivity contribution in [2.75, 3.05) is 34.9 Å². The summed E-state index contributed by atoms with van der Waals surface area (Å²) in [6.07, 6.45) is 5.00. The molecule has 178 valence electrons. The smallest absolute Gasteiger partial charge is 0.193 e. The normalized spacial score (nSPS) is 10.9. The Morgan fingerprint density at radius 1 is 0.939 bits per heavy atom. The SMILES string of the molecule is COCOc1cc(OC)c(C(=O)/C=C/c2ccc(F)c(F)c2)c(OCOC)c1CC=C(C)C. The van der Waals surface area contributed by atoms with E-state index in [0.29, 0.717) is 23.3 Å². The van der Waals surface area contributed by atoms with Crippen molar-refractivity contribution in [3.63, 3.8) is 0 Å². The number of carbonyl (C=O) groups excluding carboxylic acids is 1. The van der Waals surface area contributed by atoms with E-state index in [1.54, 1.807) is 6.07 Å². The summed E-state index contributed by atoms with van der Waals surface area (Å²) in [5.41, 5.74) is 2.14. The number of ketones is 1. The second-order valence-corrected chi connectivity index (χ2v) is 7.22. The Morgan fingerprint density at radius 3 is 2.24 bits per heavy atom. The minimum absolute atomic E-state index is 0.0159. The van der Waals surface area contributed by atoms with Crippen LogP contribution >= 0.6 is 0 Å². The first-order valence-corrected chi connectivity index (χ1v) is 10.1. The van der Waals surface area contributed by atoms with Crippen molar-refractivity contribution in [2.24, 2.45) is 0 Å². The standard InChI is InChI=1S/C25H28F2O6/c1-16(2)6-9-18-22(32-14-29-3)13-23(31-5)24(25(18)33-15-30-4)21(28)11-8-17-7-10-19(26)20(27)12-17/h6-8,10-13H,9,14-15H2,1-5H3/b11-8+. The van der Waals surface area contributed by atoms with Crippen molar-refractivity contribution >= 4 is 11.9 Å². The van der Waals surface area contributed by atoms with Crippen molar-refractivity contribution < 1.29 is 37.3 Å². The summed E-state index contributed by atoms with van der Waals surface area (Å²) in [7, 11) is 4.38. The van der Waals surface area contributed by atoms with Gasteiger partial charge in [0.1, 0.15) is 22.8 Å². The second-order valence-electron chi connectivity index (χ2n) is 7.22. The number of ether oxygens (including phenoxy) is 5. The Labute approximate surface area is 192 Å². The van der Waals surface area contributed by atoms with Crippen LogP contribution in [-0.4, -0.2) is 40.7 Å². The maximum absolute atomic E-state index is 13.5. The summed E-state index contributed by atoms with van der Waals surface area (Å²) in [6.45, 7) is 3.76. The molecule has 6 nitrogen and oxygen atoms in total. The third-order valence-corrected chi connectivity index (χ3v) is 4.51. The third-order valence-electron chi connectivity index (χ3n) is 4.51. The average Bonchev–Trinajstić information content (AvgIpc) is 2.80. The molecule has 0 bridgehead atoms. The molecule has 0 aliphatic rings. The molecular weight excluding hydrogens is 434 g/mol. The van der Waals surface area contributed by atoms with Gasteiger partial charge >= 0.3 is 0 Å². The number of allylic oxidation sites excluding steroid dienone is 3. The van der Waals surface area contributed by atoms with E-state index < -0.39 is 17.4 Å². The van der Waals surface area contributed by atoms with Gasteiger partial charge in [0.05, 0.1) is 7.11 Å². The molecule has 0 amide bonds. The van der Waals surface area contributed by atoms with Gasteiger partial charge in [-0.2, -0.15) is 0 Å². The van der Waals surface area contributed by atoms with E-state index in [1.165, 1.54) is 39.5 Å². The van der Waals surface area contributed by atoms with E-state index in [1.807, 2.05) is 19.9 Å². The number of rotatable bonds is 12. The minimum atomic E-state index is -1.00. The van der Waals surface area contributed by atoms with Gasteiger partial charge in [-0.3, -0.25) is 4.79 Å². The van der Waals surface area contributed by atoms with Gasteiger partial charge in [-0.05, 0) is 44.0 Å². The number of benzene rings is 2. The molecule has 2 aromatic rings. The van der Waals surface area contributed by atoms with Crippen LogP contribution in [0, 0.1) is 11.6 Å². The number of hydrogen-bond acceptors (Lipinski definition) is 6. The zero-order chi connectivity index (χ0) is 24.4. The number of carbonyl (C=O) groups is 1. The molecule has 0 atom stereocenters. The fraction of sp³-hybridized carbons (Fsp3) is 0.320. The quantitative estimate of drug-likeness (QED) is 0.184. The highest BCUT2D eigenvalue weighted by Crippen LogP contribution is 2.41. The highest BCUT2D eigenvalue weighted by molar-refractivity contribution is 6.11. The molecule has 0 heterocycles. The molecule has 0 saturated heterocycles. The summed E-state index contributed by atoms with van der Waals surface area (Å²) < 4.78 is 53.8. The fourth-order valence-electron chi connectivity index (χ4n) is 2.95. The van der Waals surface area contributed by atoms with Gasteiger partial charge in [-0.25, -0.2) is 8.78 Å². The molecule has 0 fully saturated rings. The number of halogens is 2. The average molecular weight is 462 g/mol. The van der Waals surface area contributed by atoms with Crippen LogP contribution in [0.3, 0.4) is 0 Å². The van der Waals surface area contributed by atoms with Crippen molar-refractivity contribution in [2.45, 2.75) is 20.3 Å². The van der Waals surface area contributed by atoms with Gasteiger partial charge in [0, 0.05) is 25.8 Å². The van der Waals surface area contributed by atoms with E-state index in [-0.39, 0.29) is 30.6 Å². The van der Waals surface area contributed by atoms with Gasteiger partial charge in [-0.1, -0.05) is 23.8 Å². The molecule has 2 rings (SSSR count). The number of methoxy groups -OCH3 is 3. The summed E-state index contributed by atoms with van der Waals surface area (Å²) in [5, 5.41) is 0. The molecule has 0 N–H and O–H groups in total. The summed E-state index contributed by atoms with van der Waals surface area (Å²) >= 11 is 0. The lowest BCUT2D eigenvalue weighted by molar-refractivity contribution is 0.0441. The van der Waals surface area contributed by atoms with Crippen molar-refractivity contribution in [1.82, 2.24) is 0 Å². The fourth-order valence-corrected chi connectivity index (χ4v) is 2.95. The summed E-state index contributed by atoms with van der Waals surface area (Å²) in [5.74, 6) is -1.55. The first-order chi connectivity index (χ1) is 15.8. The molecular formula is C25H28F2O6. The predicted molar refractivity (Wildman–Crippen MR) is 121 cm³/mol. The third kappa shape index (κ3) is 7.13. The molecule has 33 heavy (non-hydrogen) atoms. The highest BCUT2D eigenvalue weighted by atomic mass is 19.2. The molecule has 0 aliphatic carbocycles. The van der Waals surface area contributed by atoms with Crippen LogP contribution in [0.2, 0.25) is 0 Å². The monoisotopic (exact) mass is 462 g/mol. The van der Waals surface area contributed by atoms with E-state index >= 15 is 0 Å². The molecule has 0 spiro atoms. The van der Waals surface area contributed by atoms with Crippen LogP contribution in [-0.2, 0) is 15.9 Å². The van der Waals surface area contributed by atoms with Crippen LogP contribution in [0.25, 0.3) is 6.08 Å². The largest absolute Gasteiger partial charge is 0.496 e. The molecule has 0 aromatic heterocycles. The van der Waals surface area contributed by atoms with E-state index in [0.717, 1.165) is 17.7 Å². The lowest BCUT2D eigenvalue weighted by Crippen LogP contribution is -2.12. The van der Waals surface area contributed by atoms with Crippen LogP contribution in [0.5, 0.6) is 17.2 Å². The van der Waals surface area contributed by atoms with E-state index in [4.69, 9.17) is 23.7 Å². The highest BCUT2D eigenvalue weighted by Gasteiger charge is 2.25. The van der Waals surface area contributed by atoms with Crippen LogP contribution in [0.15, 0.2) is 42.0 Å². The topological polar surface area (TPSA) is 63.2 Å². The Morgan fingerprint density at radius 2 is 1.64 bits per heavy atom. The molecule has 0 aliphatic heterocycles. The van der Waals surface area contributed by atoms with Gasteiger partial charge < -0.3 is 23.7 Å². The lowest BCUT2D eigenvalue weighted by Gasteiger charge is -2.20. The maximum atomic E-state index is 13.5. The van der Waals surface area contributed by atoms with Gasteiger partial charge in [-0.15, -0.1) is 0 Å². The Kier molecular flexibility index (Phi) is 10.0. The van der Waals surface area contributed by atoms with Crippen LogP contribution in [0.1, 0.15) is 35.3 Å². The maximum Gasteiger partial charge on any atom is 0.193 e. The molecule has 0 unspecified atom stereocenters. The Balaban J connectivity index is 2.62. The number of hydrogen-bond donors (Lipinski definition) is 0. The second kappa shape index (κ2) is 12.7. The first-order valence-electron chi connectivity index (χ1n) is 10.1. The zero-order valence-electron chi connectivity index (χ0n) is 19.4. The molecule has 0 radical (unpaired) electrons. The van der Waals surface area contributed by atoms with Crippen molar-refractivity contribution in [3.8, 4) is 17.2 Å². The van der Waals surface area contributed by atoms with Crippen molar-refractivity contribution in [1.29, 1.82) is 0 Å². The van der Waals surface area contributed by atoms with Crippen molar-refractivity contribution in [3.05, 3.63) is 70.3 Å². The van der Waals surface area contributed by atoms with Gasteiger partial charge in [0.15, 0.2) is 31.0 Å². The Bertz CT molecular complexity index is 1030. The molecule has 8 heteroatoms. The van der Waals surface area contributed by atoms with Gasteiger partial charge in [0.25, 0.3) is 0 Å². The van der Waals surface area contributed by atoms with Crippen LogP contribution < -0.4 is 14.2 Å². The molecule has 0 saturated carbocycles. The summed E-state index contributed by atoms with van der Waals surface area (Å²) in [4.78, 5) is 13.2. The van der Waals surface area contributed by atoms with Gasteiger partial charge in [0.2, 0.25) is 0 Å². The zero-order valence-corrected chi connectivity index (χ0v) is 19.4. The predicted octanol–water partition coefficient (Wildman–Crippen LogP) is 5.34. The van der Waals surface area contributed by atoms with E-state index in [9.17, 15) is 13.6 Å². The lowest BCUT2D eigenvalue weighted by atomic mass is 9.99. The Hall–Kier alpha value is -3.23. The van der Waals surface area contributed by atoms with Crippen LogP contribution in [0.4, 0.5) is 8.78 Å². The first kappa shape index (κ1) is 26.0. The minimum Gasteiger partial charge on any atom is -0.496 e. The van der Waals surface area contributed by atoms with E-state index in [2.05, 4.69) is 0 Å². The summed E-state index contributed by atoms with van der Waals surface area (Å²) in [6, 6.07) is 4.95.